The van der Waals surface area contributed by atoms with E-state index >= 15 is 0 Å². The maximum Gasteiger partial charge on any atom is 0.313 e. The Hall–Kier alpha value is -1.60. The SMILES string of the molecule is CCCc1nnc(SCC(=O)O)n1-c1ccc(F)cc1Cl. The summed E-state index contributed by atoms with van der Waals surface area (Å²) in [6.45, 7) is 2.00. The average molecular weight is 330 g/mol. The van der Waals surface area contributed by atoms with Gasteiger partial charge in [0.1, 0.15) is 11.6 Å². The van der Waals surface area contributed by atoms with Crippen LogP contribution in [0.25, 0.3) is 5.69 Å². The van der Waals surface area contributed by atoms with E-state index in [1.54, 1.807) is 4.57 Å². The molecule has 0 saturated carbocycles. The number of thioether (sulfide) groups is 1. The van der Waals surface area contributed by atoms with Gasteiger partial charge in [0, 0.05) is 6.42 Å². The number of benzene rings is 1. The molecular weight excluding hydrogens is 317 g/mol. The lowest BCUT2D eigenvalue weighted by Gasteiger charge is -2.11. The highest BCUT2D eigenvalue weighted by molar-refractivity contribution is 7.99. The molecule has 0 atom stereocenters. The first-order valence-electron chi connectivity index (χ1n) is 6.27. The number of carbonyl (C=O) groups is 1. The van der Waals surface area contributed by atoms with Gasteiger partial charge in [-0.3, -0.25) is 9.36 Å². The fourth-order valence-corrected chi connectivity index (χ4v) is 2.75. The molecule has 2 aromatic rings. The summed E-state index contributed by atoms with van der Waals surface area (Å²) in [4.78, 5) is 10.7. The summed E-state index contributed by atoms with van der Waals surface area (Å²) in [5.74, 6) is -0.854. The Labute approximate surface area is 130 Å². The molecule has 0 amide bonds. The molecule has 1 aromatic heterocycles. The standard InChI is InChI=1S/C13H13ClFN3O2S/c1-2-3-11-16-17-13(21-7-12(19)20)18(11)10-5-4-8(15)6-9(10)14/h4-6H,2-3,7H2,1H3,(H,19,20). The van der Waals surface area contributed by atoms with Crippen LogP contribution in [0.15, 0.2) is 23.4 Å². The van der Waals surface area contributed by atoms with E-state index in [4.69, 9.17) is 16.7 Å². The van der Waals surface area contributed by atoms with Crippen LogP contribution in [0.3, 0.4) is 0 Å². The lowest BCUT2D eigenvalue weighted by molar-refractivity contribution is -0.133. The van der Waals surface area contributed by atoms with Gasteiger partial charge in [-0.2, -0.15) is 0 Å². The minimum atomic E-state index is -0.947. The molecule has 21 heavy (non-hydrogen) atoms. The Kier molecular flexibility index (Phi) is 5.19. The number of aryl methyl sites for hydroxylation is 1. The van der Waals surface area contributed by atoms with Crippen LogP contribution < -0.4 is 0 Å². The molecule has 112 valence electrons. The van der Waals surface area contributed by atoms with Crippen molar-refractivity contribution in [3.8, 4) is 5.69 Å². The van der Waals surface area contributed by atoms with Gasteiger partial charge in [-0.1, -0.05) is 30.3 Å². The predicted octanol–water partition coefficient (Wildman–Crippen LogP) is 3.19. The summed E-state index contributed by atoms with van der Waals surface area (Å²) >= 11 is 7.13. The molecule has 2 rings (SSSR count). The molecular formula is C13H13ClFN3O2S. The van der Waals surface area contributed by atoms with Gasteiger partial charge < -0.3 is 5.11 Å². The Morgan fingerprint density at radius 3 is 2.86 bits per heavy atom. The lowest BCUT2D eigenvalue weighted by atomic mass is 10.2. The van der Waals surface area contributed by atoms with Crippen molar-refractivity contribution < 1.29 is 14.3 Å². The third-order valence-electron chi connectivity index (χ3n) is 2.65. The van der Waals surface area contributed by atoms with Gasteiger partial charge in [0.2, 0.25) is 0 Å². The third kappa shape index (κ3) is 3.74. The van der Waals surface area contributed by atoms with E-state index in [1.807, 2.05) is 6.92 Å². The Morgan fingerprint density at radius 2 is 2.24 bits per heavy atom. The van der Waals surface area contributed by atoms with Crippen LogP contribution in [0.5, 0.6) is 0 Å². The molecule has 1 aromatic carbocycles. The average Bonchev–Trinajstić information content (AvgIpc) is 2.80. The summed E-state index contributed by atoms with van der Waals surface area (Å²) in [7, 11) is 0. The van der Waals surface area contributed by atoms with Gasteiger partial charge in [0.25, 0.3) is 0 Å². The van der Waals surface area contributed by atoms with Crippen LogP contribution in [0.1, 0.15) is 19.2 Å². The zero-order valence-electron chi connectivity index (χ0n) is 11.2. The zero-order chi connectivity index (χ0) is 15.4. The van der Waals surface area contributed by atoms with E-state index in [2.05, 4.69) is 10.2 Å². The maximum absolute atomic E-state index is 13.2. The minimum Gasteiger partial charge on any atom is -0.481 e. The zero-order valence-corrected chi connectivity index (χ0v) is 12.8. The molecule has 0 aliphatic rings. The van der Waals surface area contributed by atoms with Crippen molar-refractivity contribution in [3.05, 3.63) is 34.9 Å². The number of aliphatic carboxylic acids is 1. The van der Waals surface area contributed by atoms with Gasteiger partial charge in [-0.25, -0.2) is 4.39 Å². The monoisotopic (exact) mass is 329 g/mol. The number of rotatable bonds is 6. The van der Waals surface area contributed by atoms with Crippen molar-refractivity contribution in [1.82, 2.24) is 14.8 Å². The van der Waals surface area contributed by atoms with E-state index in [0.717, 1.165) is 18.2 Å². The molecule has 0 aliphatic heterocycles. The van der Waals surface area contributed by atoms with Gasteiger partial charge in [0.05, 0.1) is 16.5 Å². The quantitative estimate of drug-likeness (QED) is 0.824. The van der Waals surface area contributed by atoms with E-state index < -0.39 is 11.8 Å². The first-order chi connectivity index (χ1) is 10.0. The maximum atomic E-state index is 13.2. The normalized spacial score (nSPS) is 10.8. The summed E-state index contributed by atoms with van der Waals surface area (Å²) in [5.41, 5.74) is 0.541. The van der Waals surface area contributed by atoms with Gasteiger partial charge >= 0.3 is 5.97 Å². The predicted molar refractivity (Wildman–Crippen MR) is 78.7 cm³/mol. The second kappa shape index (κ2) is 6.91. The molecule has 1 heterocycles. The smallest absolute Gasteiger partial charge is 0.313 e. The first kappa shape index (κ1) is 15.8. The molecule has 5 nitrogen and oxygen atoms in total. The number of hydrogen-bond acceptors (Lipinski definition) is 4. The van der Waals surface area contributed by atoms with Crippen molar-refractivity contribution in [2.75, 3.05) is 5.75 Å². The molecule has 0 spiro atoms. The van der Waals surface area contributed by atoms with Crippen molar-refractivity contribution >= 4 is 29.3 Å². The van der Waals surface area contributed by atoms with Crippen molar-refractivity contribution in [3.63, 3.8) is 0 Å². The van der Waals surface area contributed by atoms with Crippen LogP contribution in [0.4, 0.5) is 4.39 Å². The van der Waals surface area contributed by atoms with Crippen LogP contribution >= 0.6 is 23.4 Å². The summed E-state index contributed by atoms with van der Waals surface area (Å²) < 4.78 is 14.9. The highest BCUT2D eigenvalue weighted by Gasteiger charge is 2.17. The van der Waals surface area contributed by atoms with E-state index in [-0.39, 0.29) is 10.8 Å². The Morgan fingerprint density at radius 1 is 1.48 bits per heavy atom. The number of hydrogen-bond donors (Lipinski definition) is 1. The van der Waals surface area contributed by atoms with Crippen molar-refractivity contribution in [2.24, 2.45) is 0 Å². The minimum absolute atomic E-state index is 0.136. The van der Waals surface area contributed by atoms with Gasteiger partial charge in [0.15, 0.2) is 5.16 Å². The molecule has 0 saturated heterocycles. The Balaban J connectivity index is 2.47. The Bertz CT molecular complexity index is 663. The molecule has 1 N–H and O–H groups in total. The number of halogens is 2. The van der Waals surface area contributed by atoms with E-state index in [9.17, 15) is 9.18 Å². The second-order valence-corrected chi connectivity index (χ2v) is 5.61. The third-order valence-corrected chi connectivity index (χ3v) is 3.87. The number of nitrogens with zero attached hydrogens (tertiary/aromatic N) is 3. The number of aromatic nitrogens is 3. The molecule has 0 fully saturated rings. The van der Waals surface area contributed by atoms with Gasteiger partial charge in [-0.05, 0) is 24.6 Å². The fourth-order valence-electron chi connectivity index (χ4n) is 1.81. The van der Waals surface area contributed by atoms with Crippen LogP contribution in [0.2, 0.25) is 5.02 Å². The van der Waals surface area contributed by atoms with E-state index in [0.29, 0.717) is 23.1 Å². The fraction of sp³-hybridized carbons (Fsp3) is 0.308. The first-order valence-corrected chi connectivity index (χ1v) is 7.63. The van der Waals surface area contributed by atoms with Crippen LogP contribution in [-0.2, 0) is 11.2 Å². The molecule has 0 bridgehead atoms. The second-order valence-electron chi connectivity index (χ2n) is 4.26. The van der Waals surface area contributed by atoms with Crippen molar-refractivity contribution in [2.45, 2.75) is 24.9 Å². The largest absolute Gasteiger partial charge is 0.481 e. The molecule has 0 unspecified atom stereocenters. The summed E-state index contributed by atoms with van der Waals surface area (Å²) in [6.07, 6.45) is 1.51. The van der Waals surface area contributed by atoms with Gasteiger partial charge in [-0.15, -0.1) is 10.2 Å². The molecule has 8 heteroatoms. The number of carboxylic acids is 1. The summed E-state index contributed by atoms with van der Waals surface area (Å²) in [6, 6.07) is 4.03. The lowest BCUT2D eigenvalue weighted by Crippen LogP contribution is -2.05. The molecule has 0 radical (unpaired) electrons. The number of carboxylic acid groups (broad SMARTS) is 1. The highest BCUT2D eigenvalue weighted by Crippen LogP contribution is 2.28. The topological polar surface area (TPSA) is 68.0 Å². The van der Waals surface area contributed by atoms with E-state index in [1.165, 1.54) is 18.2 Å². The summed E-state index contributed by atoms with van der Waals surface area (Å²) in [5, 5.41) is 17.5. The highest BCUT2D eigenvalue weighted by atomic mass is 35.5. The van der Waals surface area contributed by atoms with Crippen molar-refractivity contribution in [1.29, 1.82) is 0 Å². The molecule has 0 aliphatic carbocycles. The van der Waals surface area contributed by atoms with Crippen LogP contribution in [0, 0.1) is 5.82 Å². The van der Waals surface area contributed by atoms with Crippen LogP contribution in [-0.4, -0.2) is 31.6 Å².